The summed E-state index contributed by atoms with van der Waals surface area (Å²) in [6.07, 6.45) is 1.85. The Bertz CT molecular complexity index is 551. The SMILES string of the molecule is CC(C)CNCc1cn[nH]c1-c1ccc(Br)cc1Cl. The van der Waals surface area contributed by atoms with Crippen molar-refractivity contribution in [2.24, 2.45) is 5.92 Å². The van der Waals surface area contributed by atoms with Gasteiger partial charge in [0.15, 0.2) is 0 Å². The number of H-pyrrole nitrogens is 1. The van der Waals surface area contributed by atoms with Crippen LogP contribution >= 0.6 is 27.5 Å². The highest BCUT2D eigenvalue weighted by Crippen LogP contribution is 2.31. The molecule has 0 amide bonds. The molecule has 2 aromatic rings. The van der Waals surface area contributed by atoms with E-state index in [-0.39, 0.29) is 0 Å². The fourth-order valence-corrected chi connectivity index (χ4v) is 2.63. The Morgan fingerprint density at radius 1 is 1.42 bits per heavy atom. The predicted octanol–water partition coefficient (Wildman–Crippen LogP) is 4.24. The number of hydrogen-bond acceptors (Lipinski definition) is 2. The Kier molecular flexibility index (Phi) is 5.02. The maximum absolute atomic E-state index is 6.28. The van der Waals surface area contributed by atoms with Crippen molar-refractivity contribution < 1.29 is 0 Å². The summed E-state index contributed by atoms with van der Waals surface area (Å²) in [5, 5.41) is 11.3. The molecule has 0 unspecified atom stereocenters. The highest BCUT2D eigenvalue weighted by atomic mass is 79.9. The summed E-state index contributed by atoms with van der Waals surface area (Å²) < 4.78 is 0.972. The molecular weight excluding hydrogens is 326 g/mol. The quantitative estimate of drug-likeness (QED) is 0.853. The first-order valence-electron chi connectivity index (χ1n) is 6.26. The van der Waals surface area contributed by atoms with Crippen molar-refractivity contribution in [3.05, 3.63) is 39.5 Å². The van der Waals surface area contributed by atoms with Crippen LogP contribution in [-0.4, -0.2) is 16.7 Å². The van der Waals surface area contributed by atoms with Crippen molar-refractivity contribution in [2.45, 2.75) is 20.4 Å². The molecule has 1 aromatic heterocycles. The average molecular weight is 343 g/mol. The molecule has 0 aliphatic heterocycles. The van der Waals surface area contributed by atoms with E-state index in [1.165, 1.54) is 0 Å². The van der Waals surface area contributed by atoms with Crippen LogP contribution in [0.15, 0.2) is 28.9 Å². The Morgan fingerprint density at radius 2 is 2.21 bits per heavy atom. The van der Waals surface area contributed by atoms with Crippen molar-refractivity contribution in [3.8, 4) is 11.3 Å². The Morgan fingerprint density at radius 3 is 2.89 bits per heavy atom. The number of hydrogen-bond donors (Lipinski definition) is 2. The average Bonchev–Trinajstić information content (AvgIpc) is 2.77. The van der Waals surface area contributed by atoms with Crippen LogP contribution in [0.25, 0.3) is 11.3 Å². The summed E-state index contributed by atoms with van der Waals surface area (Å²) in [6.45, 7) is 6.15. The molecule has 0 fully saturated rings. The summed E-state index contributed by atoms with van der Waals surface area (Å²) in [7, 11) is 0. The molecule has 0 aliphatic rings. The molecule has 102 valence electrons. The van der Waals surface area contributed by atoms with E-state index in [0.717, 1.165) is 34.4 Å². The monoisotopic (exact) mass is 341 g/mol. The van der Waals surface area contributed by atoms with Gasteiger partial charge in [-0.05, 0) is 24.6 Å². The minimum Gasteiger partial charge on any atom is -0.312 e. The third kappa shape index (κ3) is 3.81. The van der Waals surface area contributed by atoms with Gasteiger partial charge in [-0.25, -0.2) is 0 Å². The van der Waals surface area contributed by atoms with Gasteiger partial charge in [0.25, 0.3) is 0 Å². The standard InChI is InChI=1S/C14H17BrClN3/c1-9(2)6-17-7-10-8-18-19-14(10)12-4-3-11(15)5-13(12)16/h3-5,8-9,17H,6-7H2,1-2H3,(H,18,19). The molecule has 5 heteroatoms. The number of rotatable bonds is 5. The first-order valence-corrected chi connectivity index (χ1v) is 7.43. The topological polar surface area (TPSA) is 40.7 Å². The zero-order valence-electron chi connectivity index (χ0n) is 11.0. The zero-order valence-corrected chi connectivity index (χ0v) is 13.3. The van der Waals surface area contributed by atoms with Gasteiger partial charge in [-0.15, -0.1) is 0 Å². The number of halogens is 2. The molecule has 0 aliphatic carbocycles. The fourth-order valence-electron chi connectivity index (χ4n) is 1.87. The van der Waals surface area contributed by atoms with Crippen LogP contribution in [0.3, 0.4) is 0 Å². The highest BCUT2D eigenvalue weighted by molar-refractivity contribution is 9.10. The second-order valence-electron chi connectivity index (χ2n) is 4.92. The van der Waals surface area contributed by atoms with Crippen molar-refractivity contribution in [1.29, 1.82) is 0 Å². The largest absolute Gasteiger partial charge is 0.312 e. The summed E-state index contributed by atoms with van der Waals surface area (Å²) in [4.78, 5) is 0. The molecule has 0 spiro atoms. The lowest BCUT2D eigenvalue weighted by Gasteiger charge is -2.09. The van der Waals surface area contributed by atoms with Crippen molar-refractivity contribution in [1.82, 2.24) is 15.5 Å². The van der Waals surface area contributed by atoms with Crippen LogP contribution in [0, 0.1) is 5.92 Å². The minimum atomic E-state index is 0.631. The van der Waals surface area contributed by atoms with Crippen molar-refractivity contribution in [3.63, 3.8) is 0 Å². The van der Waals surface area contributed by atoms with Crippen LogP contribution in [0.4, 0.5) is 0 Å². The van der Waals surface area contributed by atoms with E-state index in [9.17, 15) is 0 Å². The molecule has 0 saturated heterocycles. The van der Waals surface area contributed by atoms with Gasteiger partial charge in [0, 0.05) is 22.1 Å². The number of aromatic nitrogens is 2. The molecule has 3 nitrogen and oxygen atoms in total. The van der Waals surface area contributed by atoms with Gasteiger partial charge in [-0.3, -0.25) is 5.10 Å². The first kappa shape index (κ1) is 14.6. The van der Waals surface area contributed by atoms with Crippen LogP contribution < -0.4 is 5.32 Å². The lowest BCUT2D eigenvalue weighted by atomic mass is 10.1. The van der Waals surface area contributed by atoms with Gasteiger partial charge in [0.1, 0.15) is 0 Å². The van der Waals surface area contributed by atoms with Crippen LogP contribution in [-0.2, 0) is 6.54 Å². The summed E-state index contributed by atoms with van der Waals surface area (Å²) in [6, 6.07) is 5.86. The van der Waals surface area contributed by atoms with Crippen molar-refractivity contribution >= 4 is 27.5 Å². The van der Waals surface area contributed by atoms with E-state index in [1.54, 1.807) is 0 Å². The maximum Gasteiger partial charge on any atom is 0.0710 e. The van der Waals surface area contributed by atoms with Gasteiger partial charge in [-0.1, -0.05) is 47.4 Å². The predicted molar refractivity (Wildman–Crippen MR) is 83.3 cm³/mol. The Balaban J connectivity index is 2.19. The summed E-state index contributed by atoms with van der Waals surface area (Å²) in [5.41, 5.74) is 3.09. The zero-order chi connectivity index (χ0) is 13.8. The number of aromatic amines is 1. The van der Waals surface area contributed by atoms with E-state index in [4.69, 9.17) is 11.6 Å². The third-order valence-electron chi connectivity index (χ3n) is 2.79. The molecule has 0 bridgehead atoms. The molecule has 0 atom stereocenters. The highest BCUT2D eigenvalue weighted by Gasteiger charge is 2.11. The van der Waals surface area contributed by atoms with Crippen LogP contribution in [0.2, 0.25) is 5.02 Å². The third-order valence-corrected chi connectivity index (χ3v) is 3.59. The van der Waals surface area contributed by atoms with E-state index in [0.29, 0.717) is 10.9 Å². The fraction of sp³-hybridized carbons (Fsp3) is 0.357. The molecule has 2 rings (SSSR count). The van der Waals surface area contributed by atoms with Gasteiger partial charge in [0.2, 0.25) is 0 Å². The van der Waals surface area contributed by atoms with E-state index in [2.05, 4.69) is 45.3 Å². The normalized spacial score (nSPS) is 11.2. The molecule has 1 heterocycles. The smallest absolute Gasteiger partial charge is 0.0710 e. The molecule has 0 saturated carbocycles. The molecule has 19 heavy (non-hydrogen) atoms. The van der Waals surface area contributed by atoms with E-state index < -0.39 is 0 Å². The number of nitrogens with one attached hydrogen (secondary N) is 2. The van der Waals surface area contributed by atoms with Crippen LogP contribution in [0.5, 0.6) is 0 Å². The first-order chi connectivity index (χ1) is 9.08. The number of benzene rings is 1. The Hall–Kier alpha value is -0.840. The van der Waals surface area contributed by atoms with Gasteiger partial charge >= 0.3 is 0 Å². The summed E-state index contributed by atoms with van der Waals surface area (Å²) >= 11 is 9.69. The lowest BCUT2D eigenvalue weighted by Crippen LogP contribution is -2.19. The lowest BCUT2D eigenvalue weighted by molar-refractivity contribution is 0.553. The maximum atomic E-state index is 6.28. The van der Waals surface area contributed by atoms with Crippen LogP contribution in [0.1, 0.15) is 19.4 Å². The second-order valence-corrected chi connectivity index (χ2v) is 6.24. The van der Waals surface area contributed by atoms with E-state index >= 15 is 0 Å². The molecule has 0 radical (unpaired) electrons. The van der Waals surface area contributed by atoms with Gasteiger partial charge in [-0.2, -0.15) is 5.10 Å². The van der Waals surface area contributed by atoms with E-state index in [1.807, 2.05) is 24.4 Å². The summed E-state index contributed by atoms with van der Waals surface area (Å²) in [5.74, 6) is 0.631. The minimum absolute atomic E-state index is 0.631. The molecule has 2 N–H and O–H groups in total. The molecular formula is C14H17BrClN3. The Labute approximate surface area is 126 Å². The van der Waals surface area contributed by atoms with Crippen molar-refractivity contribution in [2.75, 3.05) is 6.54 Å². The second kappa shape index (κ2) is 6.55. The van der Waals surface area contributed by atoms with Gasteiger partial charge < -0.3 is 5.32 Å². The molecule has 1 aromatic carbocycles. The number of nitrogens with zero attached hydrogens (tertiary/aromatic N) is 1. The van der Waals surface area contributed by atoms with Gasteiger partial charge in [0.05, 0.1) is 16.9 Å².